The van der Waals surface area contributed by atoms with Crippen LogP contribution in [0.25, 0.3) is 0 Å². The number of aryl methyl sites for hydroxylation is 2. The molecule has 17 heavy (non-hydrogen) atoms. The predicted molar refractivity (Wildman–Crippen MR) is 71.7 cm³/mol. The topological polar surface area (TPSA) is 59.1 Å². The second kappa shape index (κ2) is 5.21. The van der Waals surface area contributed by atoms with E-state index in [0.29, 0.717) is 6.61 Å². The van der Waals surface area contributed by atoms with Gasteiger partial charge in [0.1, 0.15) is 5.75 Å². The van der Waals surface area contributed by atoms with Gasteiger partial charge in [0.05, 0.1) is 12.4 Å². The molecule has 1 aromatic rings. The zero-order valence-corrected chi connectivity index (χ0v) is 11.1. The first-order valence-corrected chi connectivity index (χ1v) is 5.87. The molecule has 0 aromatic heterocycles. The monoisotopic (exact) mass is 234 g/mol. The third-order valence-electron chi connectivity index (χ3n) is 3.04. The van der Waals surface area contributed by atoms with Crippen LogP contribution in [0.15, 0.2) is 18.2 Å². The van der Waals surface area contributed by atoms with E-state index in [9.17, 15) is 0 Å². The van der Waals surface area contributed by atoms with Crippen molar-refractivity contribution < 1.29 is 4.74 Å². The fourth-order valence-electron chi connectivity index (χ4n) is 1.51. The van der Waals surface area contributed by atoms with E-state index < -0.39 is 0 Å². The highest BCUT2D eigenvalue weighted by molar-refractivity contribution is 5.82. The smallest absolute Gasteiger partial charge is 0.122 e. The van der Waals surface area contributed by atoms with Crippen molar-refractivity contribution in [2.24, 2.45) is 11.1 Å². The van der Waals surface area contributed by atoms with Crippen molar-refractivity contribution in [1.82, 2.24) is 0 Å². The molecule has 1 rings (SSSR count). The van der Waals surface area contributed by atoms with Crippen molar-refractivity contribution in [3.63, 3.8) is 0 Å². The first-order chi connectivity index (χ1) is 7.83. The molecule has 0 spiro atoms. The van der Waals surface area contributed by atoms with E-state index in [2.05, 4.69) is 13.0 Å². The second-order valence-corrected chi connectivity index (χ2v) is 5.16. The normalized spacial score (nSPS) is 11.3. The maximum atomic E-state index is 7.47. The first-order valence-electron chi connectivity index (χ1n) is 5.87. The summed E-state index contributed by atoms with van der Waals surface area (Å²) in [5, 5.41) is 7.47. The largest absolute Gasteiger partial charge is 0.493 e. The van der Waals surface area contributed by atoms with Crippen molar-refractivity contribution in [2.45, 2.75) is 34.1 Å². The number of nitrogens with one attached hydrogen (secondary N) is 1. The Hall–Kier alpha value is -1.51. The summed E-state index contributed by atoms with van der Waals surface area (Å²) in [5.74, 6) is 1.12. The van der Waals surface area contributed by atoms with E-state index in [1.807, 2.05) is 32.9 Å². The zero-order valence-electron chi connectivity index (χ0n) is 11.1. The lowest BCUT2D eigenvalue weighted by atomic mass is 9.88. The minimum absolute atomic E-state index is 0.210. The van der Waals surface area contributed by atoms with Crippen LogP contribution in [0.4, 0.5) is 0 Å². The van der Waals surface area contributed by atoms with E-state index in [0.717, 1.165) is 17.7 Å². The van der Waals surface area contributed by atoms with Crippen LogP contribution in [0, 0.1) is 24.7 Å². The summed E-state index contributed by atoms with van der Waals surface area (Å²) in [4.78, 5) is 0. The molecule has 3 nitrogen and oxygen atoms in total. The molecular weight excluding hydrogens is 212 g/mol. The van der Waals surface area contributed by atoms with E-state index in [4.69, 9.17) is 15.9 Å². The summed E-state index contributed by atoms with van der Waals surface area (Å²) < 4.78 is 5.73. The van der Waals surface area contributed by atoms with Gasteiger partial charge in [-0.15, -0.1) is 0 Å². The van der Waals surface area contributed by atoms with Crippen LogP contribution < -0.4 is 10.5 Å². The fourth-order valence-corrected chi connectivity index (χ4v) is 1.51. The molecule has 0 fully saturated rings. The summed E-state index contributed by atoms with van der Waals surface area (Å²) in [6, 6.07) is 6.13. The molecule has 0 atom stereocenters. The van der Waals surface area contributed by atoms with Crippen LogP contribution in [-0.2, 0) is 0 Å². The van der Waals surface area contributed by atoms with Crippen LogP contribution in [-0.4, -0.2) is 12.4 Å². The molecule has 0 aliphatic rings. The minimum atomic E-state index is -0.293. The zero-order chi connectivity index (χ0) is 13.1. The van der Waals surface area contributed by atoms with Gasteiger partial charge in [-0.05, 0) is 31.9 Å². The van der Waals surface area contributed by atoms with Gasteiger partial charge >= 0.3 is 0 Å². The van der Waals surface area contributed by atoms with Crippen LogP contribution in [0.2, 0.25) is 0 Å². The van der Waals surface area contributed by atoms with E-state index in [-0.39, 0.29) is 11.3 Å². The molecule has 0 unspecified atom stereocenters. The summed E-state index contributed by atoms with van der Waals surface area (Å²) in [7, 11) is 0. The Morgan fingerprint density at radius 3 is 2.53 bits per heavy atom. The highest BCUT2D eigenvalue weighted by atomic mass is 16.5. The average molecular weight is 234 g/mol. The Kier molecular flexibility index (Phi) is 4.16. The number of rotatable bonds is 5. The van der Waals surface area contributed by atoms with Gasteiger partial charge in [-0.2, -0.15) is 0 Å². The van der Waals surface area contributed by atoms with Gasteiger partial charge in [0, 0.05) is 5.41 Å². The molecule has 0 aliphatic heterocycles. The predicted octanol–water partition coefficient (Wildman–Crippen LogP) is 3.03. The van der Waals surface area contributed by atoms with E-state index in [1.54, 1.807) is 0 Å². The molecule has 0 saturated heterocycles. The minimum Gasteiger partial charge on any atom is -0.493 e. The lowest BCUT2D eigenvalue weighted by molar-refractivity contribution is 0.267. The summed E-state index contributed by atoms with van der Waals surface area (Å²) in [5.41, 5.74) is 7.61. The molecule has 0 saturated carbocycles. The van der Waals surface area contributed by atoms with Gasteiger partial charge in [0.15, 0.2) is 0 Å². The van der Waals surface area contributed by atoms with Crippen LogP contribution in [0.5, 0.6) is 5.75 Å². The molecule has 0 amide bonds. The van der Waals surface area contributed by atoms with Crippen molar-refractivity contribution in [3.05, 3.63) is 29.3 Å². The number of hydrogen-bond acceptors (Lipinski definition) is 2. The second-order valence-electron chi connectivity index (χ2n) is 5.16. The molecule has 3 N–H and O–H groups in total. The van der Waals surface area contributed by atoms with Gasteiger partial charge in [0.2, 0.25) is 0 Å². The highest BCUT2D eigenvalue weighted by Gasteiger charge is 2.21. The summed E-state index contributed by atoms with van der Waals surface area (Å²) in [6.45, 7) is 8.60. The number of ether oxygens (including phenoxy) is 1. The van der Waals surface area contributed by atoms with Gasteiger partial charge in [-0.25, -0.2) is 0 Å². The highest BCUT2D eigenvalue weighted by Crippen LogP contribution is 2.22. The Morgan fingerprint density at radius 2 is 2.00 bits per heavy atom. The van der Waals surface area contributed by atoms with Crippen molar-refractivity contribution in [3.8, 4) is 5.75 Å². The van der Waals surface area contributed by atoms with Gasteiger partial charge in [0.25, 0.3) is 0 Å². The molecule has 94 valence electrons. The molecule has 1 aromatic carbocycles. The van der Waals surface area contributed by atoms with Crippen molar-refractivity contribution >= 4 is 5.84 Å². The summed E-state index contributed by atoms with van der Waals surface area (Å²) >= 11 is 0. The quantitative estimate of drug-likeness (QED) is 0.607. The summed E-state index contributed by atoms with van der Waals surface area (Å²) in [6.07, 6.45) is 0.746. The lowest BCUT2D eigenvalue weighted by Gasteiger charge is -2.23. The van der Waals surface area contributed by atoms with E-state index >= 15 is 0 Å². The molecule has 0 heterocycles. The Morgan fingerprint density at radius 1 is 1.35 bits per heavy atom. The van der Waals surface area contributed by atoms with Crippen molar-refractivity contribution in [2.75, 3.05) is 6.61 Å². The van der Waals surface area contributed by atoms with Crippen LogP contribution >= 0.6 is 0 Å². The maximum Gasteiger partial charge on any atom is 0.122 e. The van der Waals surface area contributed by atoms with Gasteiger partial charge in [-0.1, -0.05) is 31.5 Å². The Labute approximate surface area is 103 Å². The Bertz CT molecular complexity index is 411. The molecular formula is C14H22N2O. The van der Waals surface area contributed by atoms with Gasteiger partial charge in [-0.3, -0.25) is 5.41 Å². The number of nitrogens with two attached hydrogens (primary N) is 1. The molecule has 0 radical (unpaired) electrons. The van der Waals surface area contributed by atoms with Crippen LogP contribution in [0.3, 0.4) is 0 Å². The molecule has 0 aliphatic carbocycles. The standard InChI is InChI=1S/C14H22N2O/c1-10-5-6-12(11(2)9-10)17-8-7-14(3,4)13(15)16/h5-6,9H,7-8H2,1-4H3,(H3,15,16). The lowest BCUT2D eigenvalue weighted by Crippen LogP contribution is -2.32. The molecule has 3 heteroatoms. The number of amidine groups is 1. The fraction of sp³-hybridized carbons (Fsp3) is 0.500. The first kappa shape index (κ1) is 13.6. The van der Waals surface area contributed by atoms with E-state index in [1.165, 1.54) is 5.56 Å². The molecule has 0 bridgehead atoms. The SMILES string of the molecule is Cc1ccc(OCCC(C)(C)C(=N)N)c(C)c1. The third-order valence-corrected chi connectivity index (χ3v) is 3.04. The maximum absolute atomic E-state index is 7.47. The number of benzene rings is 1. The average Bonchev–Trinajstić information content (AvgIpc) is 2.21. The third kappa shape index (κ3) is 3.77. The Balaban J connectivity index is 2.54. The van der Waals surface area contributed by atoms with Gasteiger partial charge < -0.3 is 10.5 Å². The number of hydrogen-bond donors (Lipinski definition) is 2. The van der Waals surface area contributed by atoms with Crippen LogP contribution in [0.1, 0.15) is 31.4 Å². The van der Waals surface area contributed by atoms with Crippen molar-refractivity contribution in [1.29, 1.82) is 5.41 Å².